The fourth-order valence-electron chi connectivity index (χ4n) is 2.00. The number of hydrogen-bond acceptors (Lipinski definition) is 5. The van der Waals surface area contributed by atoms with E-state index in [-0.39, 0.29) is 6.10 Å². The summed E-state index contributed by atoms with van der Waals surface area (Å²) in [7, 11) is 0. The van der Waals surface area contributed by atoms with Gasteiger partial charge in [0, 0.05) is 18.3 Å². The van der Waals surface area contributed by atoms with Gasteiger partial charge in [0.1, 0.15) is 6.61 Å². The van der Waals surface area contributed by atoms with Crippen LogP contribution in [0.25, 0.3) is 0 Å². The molecule has 5 nitrogen and oxygen atoms in total. The number of nitrogens with two attached hydrogens (primary N) is 1. The molecule has 0 saturated carbocycles. The van der Waals surface area contributed by atoms with Crippen LogP contribution in [0.1, 0.15) is 17.6 Å². The molecule has 0 fully saturated rings. The molecule has 1 aliphatic heterocycles. The molecule has 1 aromatic carbocycles. The summed E-state index contributed by atoms with van der Waals surface area (Å²) in [6.45, 7) is 0.990. The van der Waals surface area contributed by atoms with Crippen LogP contribution < -0.4 is 15.2 Å². The summed E-state index contributed by atoms with van der Waals surface area (Å²) < 4.78 is 11.5. The lowest BCUT2D eigenvalue weighted by molar-refractivity contribution is 0.0849. The lowest BCUT2D eigenvalue weighted by Crippen LogP contribution is -2.24. The van der Waals surface area contributed by atoms with Crippen molar-refractivity contribution in [1.82, 2.24) is 9.97 Å². The van der Waals surface area contributed by atoms with E-state index >= 15 is 0 Å². The van der Waals surface area contributed by atoms with Gasteiger partial charge in [-0.3, -0.25) is 0 Å². The summed E-state index contributed by atoms with van der Waals surface area (Å²) in [5.74, 6) is 2.13. The summed E-state index contributed by atoms with van der Waals surface area (Å²) in [5.41, 5.74) is 6.46. The number of nitrogens with zero attached hydrogens (tertiary/aromatic N) is 2. The Hall–Kier alpha value is -2.14. The number of fused-ring (bicyclic) bond motifs is 1. The molecule has 5 heteroatoms. The van der Waals surface area contributed by atoms with Crippen LogP contribution in [0.4, 0.5) is 0 Å². The Bertz CT molecular complexity index is 574. The second kappa shape index (κ2) is 5.24. The van der Waals surface area contributed by atoms with Gasteiger partial charge < -0.3 is 15.2 Å². The summed E-state index contributed by atoms with van der Waals surface area (Å²) in [6.07, 6.45) is 2.20. The average Bonchev–Trinajstić information content (AvgIpc) is 2.47. The van der Waals surface area contributed by atoms with E-state index in [1.54, 1.807) is 6.20 Å². The second-order valence-electron chi connectivity index (χ2n) is 4.31. The van der Waals surface area contributed by atoms with Gasteiger partial charge in [0.05, 0.1) is 0 Å². The summed E-state index contributed by atoms with van der Waals surface area (Å²) in [6, 6.07) is 9.47. The highest BCUT2D eigenvalue weighted by Gasteiger charge is 2.24. The maximum atomic E-state index is 5.87. The van der Waals surface area contributed by atoms with Gasteiger partial charge in [-0.1, -0.05) is 12.1 Å². The SMILES string of the molecule is NCCc1ccnc(C2COc3ccccc3O2)n1. The fraction of sp³-hybridized carbons (Fsp3) is 0.286. The Labute approximate surface area is 111 Å². The zero-order valence-corrected chi connectivity index (χ0v) is 10.5. The second-order valence-corrected chi connectivity index (χ2v) is 4.31. The van der Waals surface area contributed by atoms with Crippen LogP contribution in [0.3, 0.4) is 0 Å². The maximum absolute atomic E-state index is 5.87. The van der Waals surface area contributed by atoms with Gasteiger partial charge in [-0.05, 0) is 24.7 Å². The van der Waals surface area contributed by atoms with E-state index in [9.17, 15) is 0 Å². The van der Waals surface area contributed by atoms with E-state index in [1.165, 1.54) is 0 Å². The van der Waals surface area contributed by atoms with E-state index in [2.05, 4.69) is 9.97 Å². The Kier molecular flexibility index (Phi) is 3.29. The molecule has 1 aromatic heterocycles. The quantitative estimate of drug-likeness (QED) is 0.902. The third kappa shape index (κ3) is 2.51. The first kappa shape index (κ1) is 11.9. The largest absolute Gasteiger partial charge is 0.485 e. The van der Waals surface area contributed by atoms with Gasteiger partial charge in [-0.15, -0.1) is 0 Å². The highest BCUT2D eigenvalue weighted by atomic mass is 16.6. The molecule has 1 unspecified atom stereocenters. The third-order valence-electron chi connectivity index (χ3n) is 2.93. The van der Waals surface area contributed by atoms with Crippen molar-refractivity contribution in [3.63, 3.8) is 0 Å². The van der Waals surface area contributed by atoms with Gasteiger partial charge in [0.25, 0.3) is 0 Å². The van der Waals surface area contributed by atoms with Crippen molar-refractivity contribution in [3.8, 4) is 11.5 Å². The lowest BCUT2D eigenvalue weighted by atomic mass is 10.2. The monoisotopic (exact) mass is 257 g/mol. The van der Waals surface area contributed by atoms with Crippen LogP contribution in [0.15, 0.2) is 36.5 Å². The smallest absolute Gasteiger partial charge is 0.192 e. The minimum Gasteiger partial charge on any atom is -0.485 e. The molecule has 0 bridgehead atoms. The number of benzene rings is 1. The van der Waals surface area contributed by atoms with Gasteiger partial charge in [-0.25, -0.2) is 9.97 Å². The molecule has 98 valence electrons. The van der Waals surface area contributed by atoms with Crippen molar-refractivity contribution in [2.24, 2.45) is 5.73 Å². The zero-order chi connectivity index (χ0) is 13.1. The van der Waals surface area contributed by atoms with Crippen LogP contribution in [0, 0.1) is 0 Å². The van der Waals surface area contributed by atoms with Crippen LogP contribution in [0.5, 0.6) is 11.5 Å². The molecule has 2 aromatic rings. The van der Waals surface area contributed by atoms with E-state index in [1.807, 2.05) is 30.3 Å². The van der Waals surface area contributed by atoms with Crippen molar-refractivity contribution in [2.45, 2.75) is 12.5 Å². The Morgan fingerprint density at radius 3 is 2.89 bits per heavy atom. The number of hydrogen-bond donors (Lipinski definition) is 1. The summed E-state index contributed by atoms with van der Waals surface area (Å²) in [5, 5.41) is 0. The molecular formula is C14H15N3O2. The van der Waals surface area contributed by atoms with Crippen LogP contribution >= 0.6 is 0 Å². The predicted octanol–water partition coefficient (Wildman–Crippen LogP) is 1.49. The van der Waals surface area contributed by atoms with Crippen molar-refractivity contribution in [1.29, 1.82) is 0 Å². The Morgan fingerprint density at radius 2 is 2.05 bits per heavy atom. The molecule has 3 rings (SSSR count). The summed E-state index contributed by atoms with van der Waals surface area (Å²) in [4.78, 5) is 8.72. The fourth-order valence-corrected chi connectivity index (χ4v) is 2.00. The van der Waals surface area contributed by atoms with Crippen LogP contribution in [-0.4, -0.2) is 23.1 Å². The van der Waals surface area contributed by atoms with Gasteiger partial charge in [0.15, 0.2) is 23.4 Å². The molecule has 0 radical (unpaired) electrons. The molecule has 0 spiro atoms. The predicted molar refractivity (Wildman–Crippen MR) is 70.1 cm³/mol. The zero-order valence-electron chi connectivity index (χ0n) is 10.5. The van der Waals surface area contributed by atoms with E-state index in [0.29, 0.717) is 19.0 Å². The van der Waals surface area contributed by atoms with Crippen molar-refractivity contribution in [2.75, 3.05) is 13.2 Å². The average molecular weight is 257 g/mol. The van der Waals surface area contributed by atoms with E-state index in [4.69, 9.17) is 15.2 Å². The molecule has 1 aliphatic rings. The van der Waals surface area contributed by atoms with Crippen LogP contribution in [0.2, 0.25) is 0 Å². The van der Waals surface area contributed by atoms with Gasteiger partial charge >= 0.3 is 0 Å². The molecule has 0 amide bonds. The third-order valence-corrected chi connectivity index (χ3v) is 2.93. The number of aromatic nitrogens is 2. The highest BCUT2D eigenvalue weighted by Crippen LogP contribution is 2.34. The lowest BCUT2D eigenvalue weighted by Gasteiger charge is -2.25. The number of rotatable bonds is 3. The first-order valence-electron chi connectivity index (χ1n) is 6.27. The van der Waals surface area contributed by atoms with Crippen molar-refractivity contribution in [3.05, 3.63) is 48.0 Å². The van der Waals surface area contributed by atoms with Crippen molar-refractivity contribution >= 4 is 0 Å². The molecule has 19 heavy (non-hydrogen) atoms. The normalized spacial score (nSPS) is 17.2. The molecule has 0 aliphatic carbocycles. The molecule has 0 saturated heterocycles. The van der Waals surface area contributed by atoms with Crippen molar-refractivity contribution < 1.29 is 9.47 Å². The standard InChI is InChI=1S/C14H15N3O2/c15-7-5-10-6-8-16-14(17-10)13-9-18-11-3-1-2-4-12(11)19-13/h1-4,6,8,13H,5,7,9,15H2. The highest BCUT2D eigenvalue weighted by molar-refractivity contribution is 5.41. The Balaban J connectivity index is 1.82. The first-order chi connectivity index (χ1) is 9.36. The van der Waals surface area contributed by atoms with E-state index < -0.39 is 0 Å². The summed E-state index contributed by atoms with van der Waals surface area (Å²) >= 11 is 0. The maximum Gasteiger partial charge on any atom is 0.192 e. The number of ether oxygens (including phenoxy) is 2. The topological polar surface area (TPSA) is 70.3 Å². The van der Waals surface area contributed by atoms with Gasteiger partial charge in [-0.2, -0.15) is 0 Å². The minimum absolute atomic E-state index is 0.271. The molecule has 2 heterocycles. The van der Waals surface area contributed by atoms with Gasteiger partial charge in [0.2, 0.25) is 0 Å². The molecule has 1 atom stereocenters. The number of para-hydroxylation sites is 2. The Morgan fingerprint density at radius 1 is 1.21 bits per heavy atom. The van der Waals surface area contributed by atoms with Crippen LogP contribution in [-0.2, 0) is 6.42 Å². The van der Waals surface area contributed by atoms with E-state index in [0.717, 1.165) is 23.6 Å². The molecule has 2 N–H and O–H groups in total. The molecular weight excluding hydrogens is 242 g/mol. The minimum atomic E-state index is -0.271. The first-order valence-corrected chi connectivity index (χ1v) is 6.27.